The molecule has 2 atom stereocenters. The second kappa shape index (κ2) is 5.92. The molecular weight excluding hydrogens is 232 g/mol. The van der Waals surface area contributed by atoms with Crippen molar-refractivity contribution in [3.05, 3.63) is 23.8 Å². The van der Waals surface area contributed by atoms with Gasteiger partial charge in [0.25, 0.3) is 0 Å². The van der Waals surface area contributed by atoms with Gasteiger partial charge < -0.3 is 15.2 Å². The summed E-state index contributed by atoms with van der Waals surface area (Å²) in [6, 6.07) is 6.75. The van der Waals surface area contributed by atoms with Gasteiger partial charge in [0.15, 0.2) is 0 Å². The highest BCUT2D eigenvalue weighted by atomic mass is 16.5. The molecule has 0 bridgehead atoms. The van der Waals surface area contributed by atoms with Gasteiger partial charge >= 0.3 is 5.97 Å². The van der Waals surface area contributed by atoms with Crippen molar-refractivity contribution in [2.24, 2.45) is 5.92 Å². The van der Waals surface area contributed by atoms with Gasteiger partial charge in [-0.05, 0) is 26.0 Å². The number of ether oxygens (including phenoxy) is 1. The van der Waals surface area contributed by atoms with E-state index in [0.717, 1.165) is 0 Å². The molecule has 0 fully saturated rings. The van der Waals surface area contributed by atoms with Crippen LogP contribution in [-0.4, -0.2) is 24.2 Å². The summed E-state index contributed by atoms with van der Waals surface area (Å²) in [6.07, 6.45) is 0. The normalized spacial score (nSPS) is 13.2. The van der Waals surface area contributed by atoms with E-state index in [1.165, 1.54) is 7.11 Å². The van der Waals surface area contributed by atoms with Crippen LogP contribution in [0.5, 0.6) is 5.75 Å². The number of rotatable bonds is 5. The predicted molar refractivity (Wildman–Crippen MR) is 67.6 cm³/mol. The van der Waals surface area contributed by atoms with Gasteiger partial charge in [-0.25, -0.2) is 0 Å². The summed E-state index contributed by atoms with van der Waals surface area (Å²) in [5, 5.41) is 20.8. The zero-order valence-corrected chi connectivity index (χ0v) is 10.6. The number of nitriles is 1. The van der Waals surface area contributed by atoms with Crippen LogP contribution in [-0.2, 0) is 4.79 Å². The molecule has 0 saturated carbocycles. The molecule has 96 valence electrons. The minimum absolute atomic E-state index is 0.246. The fraction of sp³-hybridized carbons (Fsp3) is 0.385. The Hall–Kier alpha value is -2.22. The molecule has 1 rings (SSSR count). The molecule has 0 saturated heterocycles. The largest absolute Gasteiger partial charge is 0.495 e. The molecule has 5 heteroatoms. The van der Waals surface area contributed by atoms with E-state index in [0.29, 0.717) is 17.0 Å². The van der Waals surface area contributed by atoms with E-state index < -0.39 is 11.9 Å². The standard InChI is InChI=1S/C13H16N2O3/c1-8(13(16)17)9(2)15-11-5-4-10(7-14)6-12(11)18-3/h4-6,8-9,15H,1-3H3,(H,16,17). The molecule has 0 aliphatic rings. The van der Waals surface area contributed by atoms with E-state index in [9.17, 15) is 4.79 Å². The van der Waals surface area contributed by atoms with Crippen LogP contribution in [0.2, 0.25) is 0 Å². The lowest BCUT2D eigenvalue weighted by atomic mass is 10.0. The number of carbonyl (C=O) groups is 1. The molecule has 0 aliphatic heterocycles. The van der Waals surface area contributed by atoms with Crippen LogP contribution in [0.3, 0.4) is 0 Å². The topological polar surface area (TPSA) is 82.3 Å². The fourth-order valence-electron chi connectivity index (χ4n) is 1.46. The van der Waals surface area contributed by atoms with Gasteiger partial charge in [0.1, 0.15) is 5.75 Å². The van der Waals surface area contributed by atoms with Crippen molar-refractivity contribution in [2.75, 3.05) is 12.4 Å². The highest BCUT2D eigenvalue weighted by molar-refractivity contribution is 5.71. The van der Waals surface area contributed by atoms with Crippen molar-refractivity contribution in [2.45, 2.75) is 19.9 Å². The first-order valence-corrected chi connectivity index (χ1v) is 5.57. The third-order valence-electron chi connectivity index (χ3n) is 2.85. The number of hydrogen-bond donors (Lipinski definition) is 2. The molecule has 0 amide bonds. The van der Waals surface area contributed by atoms with Crippen molar-refractivity contribution in [1.82, 2.24) is 0 Å². The van der Waals surface area contributed by atoms with Gasteiger partial charge in [0.05, 0.1) is 30.3 Å². The SMILES string of the molecule is COc1cc(C#N)ccc1NC(C)C(C)C(=O)O. The summed E-state index contributed by atoms with van der Waals surface area (Å²) in [7, 11) is 1.51. The summed E-state index contributed by atoms with van der Waals surface area (Å²) in [5.41, 5.74) is 1.17. The second-order valence-electron chi connectivity index (χ2n) is 4.09. The average Bonchev–Trinajstić information content (AvgIpc) is 2.37. The van der Waals surface area contributed by atoms with Crippen molar-refractivity contribution >= 4 is 11.7 Å². The third-order valence-corrected chi connectivity index (χ3v) is 2.85. The van der Waals surface area contributed by atoms with Gasteiger partial charge in [0, 0.05) is 12.1 Å². The monoisotopic (exact) mass is 248 g/mol. The molecule has 0 aromatic heterocycles. The Kier molecular flexibility index (Phi) is 4.55. The lowest BCUT2D eigenvalue weighted by Gasteiger charge is -2.20. The maximum absolute atomic E-state index is 10.9. The van der Waals surface area contributed by atoms with Crippen molar-refractivity contribution in [3.63, 3.8) is 0 Å². The summed E-state index contributed by atoms with van der Waals surface area (Å²) in [6.45, 7) is 3.42. The van der Waals surface area contributed by atoms with E-state index in [1.807, 2.05) is 6.07 Å². The Bertz CT molecular complexity index is 480. The Morgan fingerprint density at radius 1 is 1.50 bits per heavy atom. The van der Waals surface area contributed by atoms with Gasteiger partial charge in [0.2, 0.25) is 0 Å². The molecule has 0 spiro atoms. The van der Waals surface area contributed by atoms with Crippen LogP contribution in [0.4, 0.5) is 5.69 Å². The van der Waals surface area contributed by atoms with Crippen molar-refractivity contribution < 1.29 is 14.6 Å². The first-order chi connectivity index (χ1) is 8.49. The first kappa shape index (κ1) is 13.8. The maximum atomic E-state index is 10.9. The molecule has 2 unspecified atom stereocenters. The average molecular weight is 248 g/mol. The lowest BCUT2D eigenvalue weighted by Crippen LogP contribution is -2.29. The van der Waals surface area contributed by atoms with E-state index in [-0.39, 0.29) is 6.04 Å². The quantitative estimate of drug-likeness (QED) is 0.833. The number of nitrogens with one attached hydrogen (secondary N) is 1. The third kappa shape index (κ3) is 3.14. The van der Waals surface area contributed by atoms with Crippen LogP contribution in [0.1, 0.15) is 19.4 Å². The predicted octanol–water partition coefficient (Wildman–Crippen LogP) is 2.09. The van der Waals surface area contributed by atoms with Gasteiger partial charge in [-0.15, -0.1) is 0 Å². The molecule has 2 N–H and O–H groups in total. The summed E-state index contributed by atoms with van der Waals surface area (Å²) < 4.78 is 5.17. The molecule has 1 aromatic carbocycles. The minimum atomic E-state index is -0.859. The fourth-order valence-corrected chi connectivity index (χ4v) is 1.46. The molecule has 0 heterocycles. The number of anilines is 1. The molecule has 1 aromatic rings. The van der Waals surface area contributed by atoms with Crippen LogP contribution in [0, 0.1) is 17.2 Å². The first-order valence-electron chi connectivity index (χ1n) is 5.57. The van der Waals surface area contributed by atoms with E-state index in [2.05, 4.69) is 5.32 Å². The lowest BCUT2D eigenvalue weighted by molar-refractivity contribution is -0.141. The number of carboxylic acid groups (broad SMARTS) is 1. The highest BCUT2D eigenvalue weighted by Gasteiger charge is 2.20. The number of nitrogens with zero attached hydrogens (tertiary/aromatic N) is 1. The number of carboxylic acids is 1. The Morgan fingerprint density at radius 3 is 2.67 bits per heavy atom. The minimum Gasteiger partial charge on any atom is -0.495 e. The van der Waals surface area contributed by atoms with E-state index in [1.54, 1.807) is 32.0 Å². The van der Waals surface area contributed by atoms with Crippen LogP contribution in [0.15, 0.2) is 18.2 Å². The van der Waals surface area contributed by atoms with Gasteiger partial charge in [-0.1, -0.05) is 0 Å². The van der Waals surface area contributed by atoms with Crippen LogP contribution >= 0.6 is 0 Å². The van der Waals surface area contributed by atoms with Crippen molar-refractivity contribution in [3.8, 4) is 11.8 Å². The van der Waals surface area contributed by atoms with Gasteiger partial charge in [-0.3, -0.25) is 4.79 Å². The maximum Gasteiger partial charge on any atom is 0.308 e. The van der Waals surface area contributed by atoms with Crippen molar-refractivity contribution in [1.29, 1.82) is 5.26 Å². The molecule has 5 nitrogen and oxygen atoms in total. The van der Waals surface area contributed by atoms with Gasteiger partial charge in [-0.2, -0.15) is 5.26 Å². The molecule has 0 aliphatic carbocycles. The number of aliphatic carboxylic acids is 1. The molecule has 0 radical (unpaired) electrons. The zero-order chi connectivity index (χ0) is 13.7. The van der Waals surface area contributed by atoms with E-state index >= 15 is 0 Å². The highest BCUT2D eigenvalue weighted by Crippen LogP contribution is 2.26. The number of methoxy groups -OCH3 is 1. The summed E-state index contributed by atoms with van der Waals surface area (Å²) >= 11 is 0. The smallest absolute Gasteiger partial charge is 0.308 e. The zero-order valence-electron chi connectivity index (χ0n) is 10.6. The Morgan fingerprint density at radius 2 is 2.17 bits per heavy atom. The Balaban J connectivity index is 2.91. The van der Waals surface area contributed by atoms with Crippen LogP contribution < -0.4 is 10.1 Å². The van der Waals surface area contributed by atoms with E-state index in [4.69, 9.17) is 15.1 Å². The molecule has 18 heavy (non-hydrogen) atoms. The summed E-state index contributed by atoms with van der Waals surface area (Å²) in [5.74, 6) is -0.855. The second-order valence-corrected chi connectivity index (χ2v) is 4.09. The Labute approximate surface area is 106 Å². The van der Waals surface area contributed by atoms with Crippen LogP contribution in [0.25, 0.3) is 0 Å². The summed E-state index contributed by atoms with van der Waals surface area (Å²) in [4.78, 5) is 10.9. The number of hydrogen-bond acceptors (Lipinski definition) is 4. The number of benzene rings is 1. The molecular formula is C13H16N2O3.